The molecule has 5 rings (SSSR count). The molecular weight excluding hydrogens is 445 g/mol. The maximum atomic E-state index is 13.6. The standard InChI is InChI=1S/C28H32FN3O3/c1-2-35-28(34)32-22-9-10-23-19(13-22)14-25-26(16-31-27(25)33)24(23)11-8-21-7-6-18(15-30-21)17-4-3-5-20(29)12-17/h3-8,11-12,15,19,22-26H,2,9-10,13-14,16H2,1H3,(H,31,33)(H,32,34)/b11-8+/t19-,22-,23+,24-,25-,26+/m0/s1. The number of carbonyl (C=O) groups is 2. The van der Waals surface area contributed by atoms with Crippen molar-refractivity contribution in [3.63, 3.8) is 0 Å². The average Bonchev–Trinajstić information content (AvgIpc) is 3.22. The fourth-order valence-electron chi connectivity index (χ4n) is 6.39. The number of allylic oxidation sites excluding steroid dienone is 1. The molecule has 1 aliphatic heterocycles. The van der Waals surface area contributed by atoms with Gasteiger partial charge in [-0.3, -0.25) is 9.78 Å². The highest BCUT2D eigenvalue weighted by molar-refractivity contribution is 5.81. The number of pyridine rings is 1. The lowest BCUT2D eigenvalue weighted by atomic mass is 9.58. The summed E-state index contributed by atoms with van der Waals surface area (Å²) in [4.78, 5) is 29.1. The Hall–Kier alpha value is -3.22. The number of hydrogen-bond acceptors (Lipinski definition) is 4. The quantitative estimate of drug-likeness (QED) is 0.648. The zero-order valence-corrected chi connectivity index (χ0v) is 20.0. The number of nitrogens with zero attached hydrogens (tertiary/aromatic N) is 1. The number of amides is 2. The monoisotopic (exact) mass is 477 g/mol. The summed E-state index contributed by atoms with van der Waals surface area (Å²) >= 11 is 0. The van der Waals surface area contributed by atoms with E-state index in [2.05, 4.69) is 27.8 Å². The van der Waals surface area contributed by atoms with Gasteiger partial charge in [0.05, 0.1) is 12.3 Å². The van der Waals surface area contributed by atoms with Crippen LogP contribution in [0.25, 0.3) is 17.2 Å². The number of halogens is 1. The van der Waals surface area contributed by atoms with Crippen LogP contribution in [0.1, 0.15) is 38.3 Å². The predicted octanol–water partition coefficient (Wildman–Crippen LogP) is 4.81. The number of nitrogens with one attached hydrogen (secondary N) is 2. The highest BCUT2D eigenvalue weighted by Gasteiger charge is 2.50. The third kappa shape index (κ3) is 5.09. The highest BCUT2D eigenvalue weighted by Crippen LogP contribution is 2.50. The van der Waals surface area contributed by atoms with Crippen LogP contribution in [0, 0.1) is 35.4 Å². The first-order chi connectivity index (χ1) is 17.0. The van der Waals surface area contributed by atoms with Crippen molar-refractivity contribution in [2.45, 2.75) is 38.6 Å². The largest absolute Gasteiger partial charge is 0.450 e. The second-order valence-electron chi connectivity index (χ2n) is 9.97. The minimum absolute atomic E-state index is 0.0237. The molecule has 0 bridgehead atoms. The average molecular weight is 478 g/mol. The van der Waals surface area contributed by atoms with E-state index < -0.39 is 0 Å². The molecule has 2 aliphatic carbocycles. The number of benzene rings is 1. The van der Waals surface area contributed by atoms with E-state index in [9.17, 15) is 14.0 Å². The van der Waals surface area contributed by atoms with Gasteiger partial charge in [0, 0.05) is 30.3 Å². The van der Waals surface area contributed by atoms with Gasteiger partial charge in [0.15, 0.2) is 0 Å². The zero-order chi connectivity index (χ0) is 24.4. The van der Waals surface area contributed by atoms with Gasteiger partial charge in [-0.15, -0.1) is 0 Å². The Bertz CT molecular complexity index is 1100. The van der Waals surface area contributed by atoms with Crippen LogP contribution in [-0.2, 0) is 9.53 Å². The van der Waals surface area contributed by atoms with Crippen LogP contribution >= 0.6 is 0 Å². The zero-order valence-electron chi connectivity index (χ0n) is 20.0. The lowest BCUT2D eigenvalue weighted by Crippen LogP contribution is -2.47. The molecule has 0 unspecified atom stereocenters. The van der Waals surface area contributed by atoms with Gasteiger partial charge in [0.25, 0.3) is 0 Å². The summed E-state index contributed by atoms with van der Waals surface area (Å²) in [6.07, 6.45) is 9.42. The molecule has 2 N–H and O–H groups in total. The normalized spacial score (nSPS) is 29.8. The molecule has 6 atom stereocenters. The van der Waals surface area contributed by atoms with Gasteiger partial charge >= 0.3 is 6.09 Å². The highest BCUT2D eigenvalue weighted by atomic mass is 19.1. The lowest BCUT2D eigenvalue weighted by Gasteiger charge is -2.47. The predicted molar refractivity (Wildman–Crippen MR) is 132 cm³/mol. The van der Waals surface area contributed by atoms with Gasteiger partial charge in [-0.25, -0.2) is 9.18 Å². The van der Waals surface area contributed by atoms with Gasteiger partial charge in [-0.05, 0) is 86.1 Å². The molecule has 3 aliphatic rings. The van der Waals surface area contributed by atoms with E-state index >= 15 is 0 Å². The molecule has 2 saturated carbocycles. The Morgan fingerprint density at radius 1 is 1.20 bits per heavy atom. The molecular formula is C28H32FN3O3. The second-order valence-corrected chi connectivity index (χ2v) is 9.97. The van der Waals surface area contributed by atoms with Crippen LogP contribution in [0.3, 0.4) is 0 Å². The number of carbonyl (C=O) groups excluding carboxylic acids is 2. The van der Waals surface area contributed by atoms with Crippen LogP contribution in [0.4, 0.5) is 9.18 Å². The summed E-state index contributed by atoms with van der Waals surface area (Å²) in [5.41, 5.74) is 2.52. The Labute approximate surface area is 205 Å². The van der Waals surface area contributed by atoms with Crippen LogP contribution in [0.2, 0.25) is 0 Å². The minimum atomic E-state index is -0.354. The fourth-order valence-corrected chi connectivity index (χ4v) is 6.39. The molecule has 0 radical (unpaired) electrons. The molecule has 1 aromatic carbocycles. The number of aromatic nitrogens is 1. The Morgan fingerprint density at radius 2 is 2.09 bits per heavy atom. The molecule has 35 heavy (non-hydrogen) atoms. The van der Waals surface area contributed by atoms with Crippen molar-refractivity contribution in [1.29, 1.82) is 0 Å². The molecule has 2 heterocycles. The van der Waals surface area contributed by atoms with Crippen molar-refractivity contribution >= 4 is 18.1 Å². The number of fused-ring (bicyclic) bond motifs is 2. The van der Waals surface area contributed by atoms with Crippen molar-refractivity contribution in [2.75, 3.05) is 13.2 Å². The Morgan fingerprint density at radius 3 is 2.86 bits per heavy atom. The molecule has 7 heteroatoms. The van der Waals surface area contributed by atoms with E-state index in [-0.39, 0.29) is 35.7 Å². The van der Waals surface area contributed by atoms with E-state index in [1.807, 2.05) is 18.2 Å². The second kappa shape index (κ2) is 10.2. The SMILES string of the molecule is CCOC(=O)N[C@H]1CC[C@@H]2[C@@H](C1)C[C@@H]1C(=O)NC[C@@H]1[C@H]2/C=C/c1ccc(-c2cccc(F)c2)cn1. The molecule has 6 nitrogen and oxygen atoms in total. The molecule has 1 aromatic heterocycles. The molecule has 0 spiro atoms. The van der Waals surface area contributed by atoms with Crippen molar-refractivity contribution in [3.05, 3.63) is 60.2 Å². The van der Waals surface area contributed by atoms with Crippen LogP contribution in [0.15, 0.2) is 48.7 Å². The summed E-state index contributed by atoms with van der Waals surface area (Å²) in [5.74, 6) is 1.36. The number of ether oxygens (including phenoxy) is 1. The Balaban J connectivity index is 1.31. The molecule has 184 valence electrons. The topological polar surface area (TPSA) is 80.3 Å². The van der Waals surface area contributed by atoms with E-state index in [0.717, 1.165) is 49.0 Å². The van der Waals surface area contributed by atoms with Crippen molar-refractivity contribution < 1.29 is 18.7 Å². The maximum Gasteiger partial charge on any atom is 0.407 e. The molecule has 3 fully saturated rings. The first-order valence-electron chi connectivity index (χ1n) is 12.6. The molecule has 2 aromatic rings. The van der Waals surface area contributed by atoms with Gasteiger partial charge in [0.2, 0.25) is 5.91 Å². The minimum Gasteiger partial charge on any atom is -0.450 e. The summed E-state index contributed by atoms with van der Waals surface area (Å²) in [6, 6.07) is 10.5. The van der Waals surface area contributed by atoms with Crippen molar-refractivity contribution in [2.24, 2.45) is 29.6 Å². The van der Waals surface area contributed by atoms with Gasteiger partial charge in [0.1, 0.15) is 5.82 Å². The molecule has 2 amide bonds. The van der Waals surface area contributed by atoms with Crippen LogP contribution in [0.5, 0.6) is 0 Å². The number of hydrogen-bond donors (Lipinski definition) is 2. The van der Waals surface area contributed by atoms with Gasteiger partial charge < -0.3 is 15.4 Å². The summed E-state index contributed by atoms with van der Waals surface area (Å²) in [6.45, 7) is 2.88. The summed E-state index contributed by atoms with van der Waals surface area (Å²) in [5, 5.41) is 6.09. The third-order valence-electron chi connectivity index (χ3n) is 7.98. The van der Waals surface area contributed by atoms with E-state index in [1.165, 1.54) is 12.1 Å². The van der Waals surface area contributed by atoms with E-state index in [1.54, 1.807) is 19.2 Å². The maximum absolute atomic E-state index is 13.6. The third-order valence-corrected chi connectivity index (χ3v) is 7.98. The summed E-state index contributed by atoms with van der Waals surface area (Å²) in [7, 11) is 0. The van der Waals surface area contributed by atoms with E-state index in [4.69, 9.17) is 4.74 Å². The Kier molecular flexibility index (Phi) is 6.84. The van der Waals surface area contributed by atoms with Crippen LogP contribution in [-0.4, -0.2) is 36.2 Å². The molecule has 1 saturated heterocycles. The van der Waals surface area contributed by atoms with Crippen molar-refractivity contribution in [3.8, 4) is 11.1 Å². The van der Waals surface area contributed by atoms with Crippen molar-refractivity contribution in [1.82, 2.24) is 15.6 Å². The lowest BCUT2D eigenvalue weighted by molar-refractivity contribution is -0.125. The fraction of sp³-hybridized carbons (Fsp3) is 0.464. The van der Waals surface area contributed by atoms with Gasteiger partial charge in [-0.2, -0.15) is 0 Å². The first kappa shape index (κ1) is 23.5. The number of rotatable bonds is 5. The van der Waals surface area contributed by atoms with E-state index in [0.29, 0.717) is 24.4 Å². The first-order valence-corrected chi connectivity index (χ1v) is 12.6. The van der Waals surface area contributed by atoms with Gasteiger partial charge in [-0.1, -0.05) is 24.3 Å². The van der Waals surface area contributed by atoms with Crippen LogP contribution < -0.4 is 10.6 Å². The summed E-state index contributed by atoms with van der Waals surface area (Å²) < 4.78 is 18.6. The smallest absolute Gasteiger partial charge is 0.407 e. The number of alkyl carbamates (subject to hydrolysis) is 1.